The summed E-state index contributed by atoms with van der Waals surface area (Å²) >= 11 is 0. The minimum absolute atomic E-state index is 0.0470. The summed E-state index contributed by atoms with van der Waals surface area (Å²) in [6.07, 6.45) is 4.89. The van der Waals surface area contributed by atoms with Gasteiger partial charge < -0.3 is 14.5 Å². The van der Waals surface area contributed by atoms with Crippen LogP contribution in [-0.2, 0) is 16.0 Å². The number of hydrogen-bond acceptors (Lipinski definition) is 3. The quantitative estimate of drug-likeness (QED) is 0.870. The van der Waals surface area contributed by atoms with Gasteiger partial charge in [0.05, 0.1) is 25.1 Å². The zero-order valence-corrected chi connectivity index (χ0v) is 11.0. The van der Waals surface area contributed by atoms with Gasteiger partial charge in [0.15, 0.2) is 0 Å². The molecule has 1 saturated heterocycles. The molecule has 1 aliphatic rings. The normalized spacial score (nSPS) is 23.5. The fraction of sp³-hybridized carbons (Fsp3) is 0.643. The molecule has 1 fully saturated rings. The highest BCUT2D eigenvalue weighted by Crippen LogP contribution is 2.26. The molecule has 0 bridgehead atoms. The van der Waals surface area contributed by atoms with Crippen molar-refractivity contribution >= 4 is 5.91 Å². The van der Waals surface area contributed by atoms with E-state index in [1.165, 1.54) is 0 Å². The number of nitrogens with one attached hydrogen (secondary N) is 1. The highest BCUT2D eigenvalue weighted by molar-refractivity contribution is 5.78. The molecule has 1 amide bonds. The van der Waals surface area contributed by atoms with Crippen LogP contribution >= 0.6 is 0 Å². The lowest BCUT2D eigenvalue weighted by Gasteiger charge is -2.22. The van der Waals surface area contributed by atoms with Crippen LogP contribution in [0.5, 0.6) is 0 Å². The highest BCUT2D eigenvalue weighted by Gasteiger charge is 2.30. The maximum Gasteiger partial charge on any atom is 0.224 e. The van der Waals surface area contributed by atoms with Crippen molar-refractivity contribution in [3.63, 3.8) is 0 Å². The monoisotopic (exact) mass is 251 g/mol. The van der Waals surface area contributed by atoms with Gasteiger partial charge in [0.2, 0.25) is 5.91 Å². The SMILES string of the molecule is CC(C)[C@H]1OCC[C@@H]1CNC(=O)Cc1ccoc1. The Hall–Kier alpha value is -1.29. The second-order valence-electron chi connectivity index (χ2n) is 5.24. The lowest BCUT2D eigenvalue weighted by molar-refractivity contribution is -0.120. The summed E-state index contributed by atoms with van der Waals surface area (Å²) in [6.45, 7) is 5.84. The highest BCUT2D eigenvalue weighted by atomic mass is 16.5. The molecule has 100 valence electrons. The summed E-state index contributed by atoms with van der Waals surface area (Å²) in [5.74, 6) is 0.993. The molecular weight excluding hydrogens is 230 g/mol. The van der Waals surface area contributed by atoms with Crippen LogP contribution in [0.4, 0.5) is 0 Å². The Bertz CT molecular complexity index is 372. The van der Waals surface area contributed by atoms with Gasteiger partial charge in [-0.3, -0.25) is 4.79 Å². The van der Waals surface area contributed by atoms with E-state index in [9.17, 15) is 4.79 Å². The molecule has 4 nitrogen and oxygen atoms in total. The lowest BCUT2D eigenvalue weighted by atomic mass is 9.93. The van der Waals surface area contributed by atoms with E-state index in [4.69, 9.17) is 9.15 Å². The third kappa shape index (κ3) is 3.35. The summed E-state index contributed by atoms with van der Waals surface area (Å²) in [7, 11) is 0. The lowest BCUT2D eigenvalue weighted by Crippen LogP contribution is -2.35. The summed E-state index contributed by atoms with van der Waals surface area (Å²) in [5, 5.41) is 2.99. The summed E-state index contributed by atoms with van der Waals surface area (Å²) in [5.41, 5.74) is 0.913. The first-order valence-electron chi connectivity index (χ1n) is 6.56. The number of rotatable bonds is 5. The number of carbonyl (C=O) groups is 1. The van der Waals surface area contributed by atoms with E-state index in [0.29, 0.717) is 24.8 Å². The second-order valence-corrected chi connectivity index (χ2v) is 5.24. The molecule has 1 aliphatic heterocycles. The third-order valence-corrected chi connectivity index (χ3v) is 3.43. The largest absolute Gasteiger partial charge is 0.472 e. The fourth-order valence-corrected chi connectivity index (χ4v) is 2.50. The second kappa shape index (κ2) is 6.05. The van der Waals surface area contributed by atoms with Crippen LogP contribution in [0.25, 0.3) is 0 Å². The van der Waals surface area contributed by atoms with Gasteiger partial charge in [-0.05, 0) is 24.0 Å². The summed E-state index contributed by atoms with van der Waals surface area (Å²) in [4.78, 5) is 11.8. The molecule has 2 rings (SSSR count). The van der Waals surface area contributed by atoms with Crippen molar-refractivity contribution in [2.45, 2.75) is 32.8 Å². The molecule has 1 N–H and O–H groups in total. The average Bonchev–Trinajstić information content (AvgIpc) is 2.96. The maximum atomic E-state index is 11.8. The number of hydrogen-bond donors (Lipinski definition) is 1. The van der Waals surface area contributed by atoms with E-state index < -0.39 is 0 Å². The molecule has 0 aromatic carbocycles. The molecule has 4 heteroatoms. The van der Waals surface area contributed by atoms with Gasteiger partial charge in [-0.2, -0.15) is 0 Å². The topological polar surface area (TPSA) is 51.5 Å². The standard InChI is InChI=1S/C14H21NO3/c1-10(2)14-12(4-6-18-14)8-15-13(16)7-11-3-5-17-9-11/h3,5,9-10,12,14H,4,6-8H2,1-2H3,(H,15,16)/t12-,14-/m1/s1. The van der Waals surface area contributed by atoms with Gasteiger partial charge in [-0.1, -0.05) is 13.8 Å². The van der Waals surface area contributed by atoms with E-state index in [1.54, 1.807) is 12.5 Å². The molecule has 1 aromatic heterocycles. The molecule has 0 unspecified atom stereocenters. The van der Waals surface area contributed by atoms with Gasteiger partial charge in [0.1, 0.15) is 0 Å². The first kappa shape index (κ1) is 13.1. The molecule has 1 aromatic rings. The van der Waals surface area contributed by atoms with Crippen LogP contribution < -0.4 is 5.32 Å². The minimum atomic E-state index is 0.0470. The van der Waals surface area contributed by atoms with Gasteiger partial charge in [0, 0.05) is 19.1 Å². The Labute approximate surface area is 108 Å². The molecule has 18 heavy (non-hydrogen) atoms. The van der Waals surface area contributed by atoms with E-state index in [-0.39, 0.29) is 12.0 Å². The molecular formula is C14H21NO3. The minimum Gasteiger partial charge on any atom is -0.472 e. The number of amides is 1. The Balaban J connectivity index is 1.75. The molecule has 0 radical (unpaired) electrons. The fourth-order valence-electron chi connectivity index (χ4n) is 2.50. The van der Waals surface area contributed by atoms with Crippen LogP contribution in [0, 0.1) is 11.8 Å². The van der Waals surface area contributed by atoms with Crippen LogP contribution in [0.15, 0.2) is 23.0 Å². The van der Waals surface area contributed by atoms with Crippen LogP contribution in [0.1, 0.15) is 25.8 Å². The smallest absolute Gasteiger partial charge is 0.224 e. The molecule has 0 aliphatic carbocycles. The Morgan fingerprint density at radius 1 is 1.56 bits per heavy atom. The van der Waals surface area contributed by atoms with Crippen LogP contribution in [-0.4, -0.2) is 25.2 Å². The third-order valence-electron chi connectivity index (χ3n) is 3.43. The molecule has 2 heterocycles. The number of furan rings is 1. The predicted molar refractivity (Wildman–Crippen MR) is 68.1 cm³/mol. The first-order chi connectivity index (χ1) is 8.66. The first-order valence-corrected chi connectivity index (χ1v) is 6.56. The van der Waals surface area contributed by atoms with Crippen LogP contribution in [0.2, 0.25) is 0 Å². The van der Waals surface area contributed by atoms with E-state index in [1.807, 2.05) is 6.07 Å². The van der Waals surface area contributed by atoms with Crippen molar-refractivity contribution in [3.05, 3.63) is 24.2 Å². The van der Waals surface area contributed by atoms with Gasteiger partial charge in [0.25, 0.3) is 0 Å². The number of ether oxygens (including phenoxy) is 1. The summed E-state index contributed by atoms with van der Waals surface area (Å²) < 4.78 is 10.6. The Kier molecular flexibility index (Phi) is 4.42. The van der Waals surface area contributed by atoms with Crippen molar-refractivity contribution < 1.29 is 13.9 Å². The van der Waals surface area contributed by atoms with Crippen LogP contribution in [0.3, 0.4) is 0 Å². The molecule has 0 spiro atoms. The average molecular weight is 251 g/mol. The zero-order valence-electron chi connectivity index (χ0n) is 11.0. The van der Waals surface area contributed by atoms with Gasteiger partial charge >= 0.3 is 0 Å². The molecule has 2 atom stereocenters. The number of carbonyl (C=O) groups excluding carboxylic acids is 1. The van der Waals surface area contributed by atoms with Crippen molar-refractivity contribution in [2.75, 3.05) is 13.2 Å². The van der Waals surface area contributed by atoms with Crippen molar-refractivity contribution in [2.24, 2.45) is 11.8 Å². The molecule has 0 saturated carbocycles. The van der Waals surface area contributed by atoms with Crippen molar-refractivity contribution in [1.29, 1.82) is 0 Å². The predicted octanol–water partition coefficient (Wildman–Crippen LogP) is 2.00. The van der Waals surface area contributed by atoms with Gasteiger partial charge in [-0.15, -0.1) is 0 Å². The van der Waals surface area contributed by atoms with Crippen molar-refractivity contribution in [1.82, 2.24) is 5.32 Å². The Morgan fingerprint density at radius 3 is 3.06 bits per heavy atom. The van der Waals surface area contributed by atoms with E-state index >= 15 is 0 Å². The Morgan fingerprint density at radius 2 is 2.39 bits per heavy atom. The van der Waals surface area contributed by atoms with Crippen molar-refractivity contribution in [3.8, 4) is 0 Å². The van der Waals surface area contributed by atoms with E-state index in [2.05, 4.69) is 19.2 Å². The summed E-state index contributed by atoms with van der Waals surface area (Å²) in [6, 6.07) is 1.81. The maximum absolute atomic E-state index is 11.8. The van der Waals surface area contributed by atoms with E-state index in [0.717, 1.165) is 18.6 Å². The zero-order chi connectivity index (χ0) is 13.0. The van der Waals surface area contributed by atoms with Gasteiger partial charge in [-0.25, -0.2) is 0 Å².